The van der Waals surface area contributed by atoms with Crippen LogP contribution in [-0.4, -0.2) is 78.9 Å². The molecule has 104 heavy (non-hydrogen) atoms. The van der Waals surface area contributed by atoms with Crippen LogP contribution in [0.1, 0.15) is 17.0 Å². The molecule has 0 spiro atoms. The fourth-order valence-corrected chi connectivity index (χ4v) is 9.02. The second kappa shape index (κ2) is 38.1. The number of imidazole rings is 5. The first-order chi connectivity index (χ1) is 47.8. The van der Waals surface area contributed by atoms with Gasteiger partial charge in [-0.25, -0.2) is 32.5 Å². The van der Waals surface area contributed by atoms with E-state index in [1.165, 1.54) is 49.3 Å². The second-order valence-electron chi connectivity index (χ2n) is 20.6. The van der Waals surface area contributed by atoms with Crippen molar-refractivity contribution in [3.05, 3.63) is 273 Å². The van der Waals surface area contributed by atoms with Gasteiger partial charge in [0.2, 0.25) is 0 Å². The molecule has 11 heterocycles. The molecule has 0 aliphatic rings. The molecule has 0 unspecified atom stereocenters. The summed E-state index contributed by atoms with van der Waals surface area (Å²) < 4.78 is 128. The Labute approximate surface area is 651 Å². The van der Waals surface area contributed by atoms with E-state index in [1.807, 2.05) is 165 Å². The summed E-state index contributed by atoms with van der Waals surface area (Å²) in [6, 6.07) is 55.8. The van der Waals surface area contributed by atoms with E-state index in [4.69, 9.17) is 0 Å². The van der Waals surface area contributed by atoms with E-state index < -0.39 is 63.9 Å². The number of benzene rings is 5. The van der Waals surface area contributed by atoms with Gasteiger partial charge in [-0.05, 0) is 123 Å². The summed E-state index contributed by atoms with van der Waals surface area (Å²) in [7, 11) is 4.00. The predicted octanol–water partition coefficient (Wildman–Crippen LogP) is 14.5. The van der Waals surface area contributed by atoms with Crippen molar-refractivity contribution in [3.63, 3.8) is 0 Å². The molecule has 0 saturated heterocycles. The minimum Gasteiger partial charge on any atom is -0.434 e. The van der Waals surface area contributed by atoms with Gasteiger partial charge in [0.25, 0.3) is 0 Å². The first-order valence-electron chi connectivity index (χ1n) is 29.1. The third kappa shape index (κ3) is 20.7. The summed E-state index contributed by atoms with van der Waals surface area (Å²) in [5.41, 5.74) is 5.82. The van der Waals surface area contributed by atoms with Gasteiger partial charge in [0.1, 0.15) is 12.7 Å². The van der Waals surface area contributed by atoms with Crippen LogP contribution in [0.25, 0.3) is 113 Å². The maximum absolute atomic E-state index is 13.5. The average molecular weight is 2300 g/mol. The van der Waals surface area contributed by atoms with E-state index in [2.05, 4.69) is 96.6 Å². The van der Waals surface area contributed by atoms with Gasteiger partial charge in [-0.15, -0.1) is 17.7 Å². The molecule has 541 valence electrons. The predicted molar refractivity (Wildman–Crippen MR) is 348 cm³/mol. The number of hydrogen-bond donors (Lipinski definition) is 0. The fraction of sp³-hybridized carbons (Fsp3) is 0.0571. The molecule has 0 saturated carbocycles. The zero-order chi connectivity index (χ0) is 69.6. The molecule has 0 bridgehead atoms. The molecule has 16 aromatic rings. The van der Waals surface area contributed by atoms with Gasteiger partial charge >= 0.3 is 12.4 Å². The summed E-state index contributed by atoms with van der Waals surface area (Å²) >= 11 is 0. The Balaban J connectivity index is 0.000000195. The Hall–Kier alpha value is -9.83. The van der Waals surface area contributed by atoms with Gasteiger partial charge in [0, 0.05) is 179 Å². The molecule has 5 radical (unpaired) electrons. The minimum absolute atomic E-state index is 0. The molecule has 0 amide bonds. The van der Waals surface area contributed by atoms with Crippen LogP contribution in [0.15, 0.2) is 226 Å². The van der Waals surface area contributed by atoms with Crippen molar-refractivity contribution in [2.75, 3.05) is 19.0 Å². The first kappa shape index (κ1) is 83.1. The molecule has 11 aromatic heterocycles. The number of alkyl halides is 6. The van der Waals surface area contributed by atoms with Gasteiger partial charge < -0.3 is 54.7 Å². The molecule has 0 atom stereocenters. The van der Waals surface area contributed by atoms with Crippen molar-refractivity contribution in [1.29, 1.82) is 0 Å². The molecule has 34 heteroatoms. The average Bonchev–Trinajstić information content (AvgIpc) is 1.57. The van der Waals surface area contributed by atoms with Crippen molar-refractivity contribution in [1.82, 2.24) is 89.7 Å². The van der Waals surface area contributed by atoms with Crippen molar-refractivity contribution in [2.24, 2.45) is 0 Å². The molecule has 0 fully saturated rings. The third-order valence-corrected chi connectivity index (χ3v) is 13.7. The number of nitrogens with zero attached hydrogens (tertiary/aromatic N) is 19. The van der Waals surface area contributed by atoms with Gasteiger partial charge in [-0.2, -0.15) is 44.9 Å². The van der Waals surface area contributed by atoms with Crippen molar-refractivity contribution in [3.8, 4) is 69.0 Å². The summed E-state index contributed by atoms with van der Waals surface area (Å²) in [6.07, 6.45) is 0.378. The summed E-state index contributed by atoms with van der Waals surface area (Å²) in [5.74, 6) is -5.34. The standard InChI is InChI=1S/C14H13N4.C12H4F4N3.C12H8N3.C12H10N.C10H4F6N3.C10H6N5.5Ir/c1-18(2)10-7-8-15-13(9-10)14-16-11-5-3-4-6-12(11)17-14;13-6-7(14)9(16)11-10(8(6)15)18-12(19-11)5-3-1-2-4-17-5;1-2-6-10-9(5-1)14-12(15-10)11-7-3-4-8-13-11;1-10-6-2-3-7-11(10)12-8-4-5-9-13-12;11-9(12,13)6-7(10(14,15)16)19-8(18-6)5-3-1-2-4-17-5;1-2-4-8-7(3-1)14-10(15-8)9-12-5-11-6-13-9;;;;;/h3-9H,1-2H3;1-4H;1-8H;2-9H,1H2;1-4H;1-6H;;;;;/q6*-1;;;;;. The molecular weight excluding hydrogens is 2260 g/mol. The molecule has 0 N–H and O–H groups in total. The number of pyridine rings is 5. The number of rotatable bonds is 7. The first-order valence-corrected chi connectivity index (χ1v) is 29.1. The molecule has 0 aliphatic heterocycles. The number of anilines is 1. The molecular formula is C70H45F10Ir5N19-6. The topological polar surface area (TPSA) is 241 Å². The number of para-hydroxylation sites is 6. The zero-order valence-electron chi connectivity index (χ0n) is 53.0. The molecule has 19 nitrogen and oxygen atoms in total. The van der Waals surface area contributed by atoms with Crippen LogP contribution in [0.3, 0.4) is 0 Å². The van der Waals surface area contributed by atoms with E-state index in [1.54, 1.807) is 30.7 Å². The van der Waals surface area contributed by atoms with Gasteiger partial charge in [0.15, 0.2) is 29.1 Å². The van der Waals surface area contributed by atoms with E-state index >= 15 is 0 Å². The molecule has 16 rings (SSSR count). The number of halogens is 10. The Morgan fingerprint density at radius 1 is 0.365 bits per heavy atom. The summed E-state index contributed by atoms with van der Waals surface area (Å²) in [6.45, 7) is 3.96. The summed E-state index contributed by atoms with van der Waals surface area (Å²) in [4.78, 5) is 73.6. The third-order valence-electron chi connectivity index (χ3n) is 13.7. The zero-order valence-corrected chi connectivity index (χ0v) is 65.0. The monoisotopic (exact) mass is 2310 g/mol. The van der Waals surface area contributed by atoms with Gasteiger partial charge in [-0.3, -0.25) is 24.9 Å². The molecule has 5 aromatic carbocycles. The Morgan fingerprint density at radius 3 is 1.21 bits per heavy atom. The van der Waals surface area contributed by atoms with Crippen LogP contribution in [-0.2, 0) is 113 Å². The van der Waals surface area contributed by atoms with Gasteiger partial charge in [0.05, 0.1) is 22.8 Å². The van der Waals surface area contributed by atoms with Crippen LogP contribution in [0.5, 0.6) is 0 Å². The number of hydrogen-bond acceptors (Lipinski definition) is 14. The quantitative estimate of drug-likeness (QED) is 0.0623. The minimum atomic E-state index is -5.23. The van der Waals surface area contributed by atoms with Crippen LogP contribution < -0.4 is 29.8 Å². The van der Waals surface area contributed by atoms with Crippen LogP contribution in [0.4, 0.5) is 49.6 Å². The molecule has 0 aliphatic carbocycles. The van der Waals surface area contributed by atoms with E-state index in [-0.39, 0.29) is 118 Å². The van der Waals surface area contributed by atoms with Gasteiger partial charge in [-0.1, -0.05) is 103 Å². The second-order valence-corrected chi connectivity index (χ2v) is 20.6. The smallest absolute Gasteiger partial charge is 0.412 e. The maximum Gasteiger partial charge on any atom is 0.412 e. The fourth-order valence-electron chi connectivity index (χ4n) is 9.02. The van der Waals surface area contributed by atoms with Crippen molar-refractivity contribution >= 4 is 49.8 Å². The number of fused-ring (bicyclic) bond motifs is 4. The Kier molecular flexibility index (Phi) is 30.4. The maximum atomic E-state index is 13.5. The Bertz CT molecular complexity index is 5040. The van der Waals surface area contributed by atoms with Crippen molar-refractivity contribution < 1.29 is 144 Å². The van der Waals surface area contributed by atoms with Crippen molar-refractivity contribution in [2.45, 2.75) is 12.4 Å². The van der Waals surface area contributed by atoms with E-state index in [0.717, 1.165) is 67.0 Å². The largest absolute Gasteiger partial charge is 0.434 e. The summed E-state index contributed by atoms with van der Waals surface area (Å²) in [5, 5.41) is 0. The normalized spacial score (nSPS) is 10.5. The van der Waals surface area contributed by atoms with Crippen LogP contribution >= 0.6 is 0 Å². The van der Waals surface area contributed by atoms with E-state index in [0.29, 0.717) is 23.3 Å². The Morgan fingerprint density at radius 2 is 0.769 bits per heavy atom. The van der Waals surface area contributed by atoms with Crippen LogP contribution in [0, 0.1) is 30.2 Å². The number of aromatic nitrogens is 18. The van der Waals surface area contributed by atoms with E-state index in [9.17, 15) is 43.9 Å². The SMILES string of the molecule is CN(C)c1ccnc(-c2nc3ccccc3[n-]2)c1.FC(F)(F)c1nc(-c2ccccn2)[n-]c1C(F)(F)F.Fc1c(F)c(F)c2[n-]c(-c3ccccn3)nc2c1F.[CH2-]c1ccccc1-c1ccccn1.[Ir].[Ir].[Ir].[Ir].[Ir].c1ccc(-c2nc3ccccc3[n-]2)nc1.c1ccc2[n-]c(-c3ncncn3)nc2c1. The van der Waals surface area contributed by atoms with Crippen LogP contribution in [0.2, 0.25) is 0 Å².